The minimum Gasteiger partial charge on any atom is -0.472 e. The van der Waals surface area contributed by atoms with Crippen LogP contribution in [0.3, 0.4) is 0 Å². The van der Waals surface area contributed by atoms with Gasteiger partial charge in [-0.2, -0.15) is 0 Å². The topological polar surface area (TPSA) is 56.5 Å². The lowest BCUT2D eigenvalue weighted by atomic mass is 10.2. The van der Waals surface area contributed by atoms with Gasteiger partial charge in [0.05, 0.1) is 48.8 Å². The van der Waals surface area contributed by atoms with Crippen LogP contribution in [-0.4, -0.2) is 14.4 Å². The van der Waals surface area contributed by atoms with Crippen LogP contribution in [0.25, 0.3) is 28.2 Å². The van der Waals surface area contributed by atoms with E-state index in [-0.39, 0.29) is 0 Å². The first-order chi connectivity index (χ1) is 9.42. The highest BCUT2D eigenvalue weighted by Gasteiger charge is 2.09. The van der Waals surface area contributed by atoms with Gasteiger partial charge < -0.3 is 8.83 Å². The van der Waals surface area contributed by atoms with Crippen LogP contribution in [-0.2, 0) is 0 Å². The molecule has 4 heterocycles. The van der Waals surface area contributed by atoms with E-state index < -0.39 is 0 Å². The fourth-order valence-corrected chi connectivity index (χ4v) is 2.07. The Kier molecular flexibility index (Phi) is 2.05. The summed E-state index contributed by atoms with van der Waals surface area (Å²) in [4.78, 5) is 8.71. The third-order valence-electron chi connectivity index (χ3n) is 3.03. The molecular weight excluding hydrogens is 242 g/mol. The molecule has 0 N–H and O–H groups in total. The Morgan fingerprint density at radius 1 is 0.895 bits per heavy atom. The van der Waals surface area contributed by atoms with E-state index in [1.54, 1.807) is 37.4 Å². The molecule has 0 aliphatic rings. The van der Waals surface area contributed by atoms with E-state index >= 15 is 0 Å². The molecule has 0 unspecified atom stereocenters. The molecule has 19 heavy (non-hydrogen) atoms. The van der Waals surface area contributed by atoms with Crippen molar-refractivity contribution >= 4 is 5.65 Å². The molecular formula is C14H9N3O2. The minimum atomic E-state index is 0.795. The Hall–Kier alpha value is -2.82. The van der Waals surface area contributed by atoms with E-state index in [1.807, 2.05) is 22.7 Å². The average molecular weight is 251 g/mol. The van der Waals surface area contributed by atoms with Crippen molar-refractivity contribution in [2.75, 3.05) is 0 Å². The second kappa shape index (κ2) is 3.84. The zero-order chi connectivity index (χ0) is 12.7. The zero-order valence-electron chi connectivity index (χ0n) is 9.85. The second-order valence-electron chi connectivity index (χ2n) is 4.17. The molecule has 0 saturated carbocycles. The predicted molar refractivity (Wildman–Crippen MR) is 68.4 cm³/mol. The van der Waals surface area contributed by atoms with Gasteiger partial charge in [0, 0.05) is 17.3 Å². The Morgan fingerprint density at radius 2 is 1.68 bits per heavy atom. The first kappa shape index (κ1) is 10.1. The van der Waals surface area contributed by atoms with Crippen LogP contribution in [0, 0.1) is 0 Å². The molecule has 0 aromatic carbocycles. The maximum Gasteiger partial charge on any atom is 0.155 e. The van der Waals surface area contributed by atoms with E-state index in [4.69, 9.17) is 8.83 Å². The molecule has 92 valence electrons. The number of nitrogens with zero attached hydrogens (tertiary/aromatic N) is 3. The summed E-state index contributed by atoms with van der Waals surface area (Å²) in [5.41, 5.74) is 4.52. The highest BCUT2D eigenvalue weighted by molar-refractivity contribution is 5.65. The maximum absolute atomic E-state index is 5.12. The quantitative estimate of drug-likeness (QED) is 0.548. The Morgan fingerprint density at radius 3 is 2.42 bits per heavy atom. The summed E-state index contributed by atoms with van der Waals surface area (Å²) < 4.78 is 12.2. The van der Waals surface area contributed by atoms with Crippen molar-refractivity contribution in [3.8, 4) is 22.5 Å². The van der Waals surface area contributed by atoms with E-state index in [9.17, 15) is 0 Å². The molecule has 0 atom stereocenters. The van der Waals surface area contributed by atoms with Gasteiger partial charge in [0.2, 0.25) is 0 Å². The van der Waals surface area contributed by atoms with E-state index in [0.29, 0.717) is 0 Å². The Bertz CT molecular complexity index is 814. The van der Waals surface area contributed by atoms with Crippen LogP contribution in [0.4, 0.5) is 0 Å². The van der Waals surface area contributed by atoms with Crippen molar-refractivity contribution in [2.45, 2.75) is 0 Å². The Balaban J connectivity index is 1.95. The van der Waals surface area contributed by atoms with E-state index in [0.717, 1.165) is 28.2 Å². The SMILES string of the molecule is c1cc(-c2cn3c(-c4ccoc4)cnc3cn2)co1. The highest BCUT2D eigenvalue weighted by atomic mass is 16.3. The van der Waals surface area contributed by atoms with Gasteiger partial charge in [0.15, 0.2) is 5.65 Å². The van der Waals surface area contributed by atoms with Crippen LogP contribution in [0.2, 0.25) is 0 Å². The molecule has 4 rings (SSSR count). The normalized spacial score (nSPS) is 11.2. The summed E-state index contributed by atoms with van der Waals surface area (Å²) in [5, 5.41) is 0. The number of furan rings is 2. The average Bonchev–Trinajstić information content (AvgIpc) is 3.18. The van der Waals surface area contributed by atoms with E-state index in [1.165, 1.54) is 0 Å². The molecule has 5 heteroatoms. The molecule has 0 radical (unpaired) electrons. The highest BCUT2D eigenvalue weighted by Crippen LogP contribution is 2.23. The molecule has 0 amide bonds. The number of rotatable bonds is 2. The summed E-state index contributed by atoms with van der Waals surface area (Å²) in [5.74, 6) is 0. The van der Waals surface area contributed by atoms with Gasteiger partial charge in [-0.15, -0.1) is 0 Å². The molecule has 0 aliphatic heterocycles. The molecule has 4 aromatic heterocycles. The second-order valence-corrected chi connectivity index (χ2v) is 4.17. The number of hydrogen-bond donors (Lipinski definition) is 0. The first-order valence-corrected chi connectivity index (χ1v) is 5.80. The lowest BCUT2D eigenvalue weighted by molar-refractivity contribution is 0.567. The molecule has 4 aromatic rings. The summed E-state index contributed by atoms with van der Waals surface area (Å²) in [6.45, 7) is 0. The van der Waals surface area contributed by atoms with Crippen LogP contribution >= 0.6 is 0 Å². The summed E-state index contributed by atoms with van der Waals surface area (Å²) in [7, 11) is 0. The summed E-state index contributed by atoms with van der Waals surface area (Å²) in [6, 6.07) is 3.78. The lowest BCUT2D eigenvalue weighted by Crippen LogP contribution is -1.91. The first-order valence-electron chi connectivity index (χ1n) is 5.80. The minimum absolute atomic E-state index is 0.795. The fraction of sp³-hybridized carbons (Fsp3) is 0. The molecule has 0 saturated heterocycles. The number of aromatic nitrogens is 3. The van der Waals surface area contributed by atoms with Gasteiger partial charge >= 0.3 is 0 Å². The summed E-state index contributed by atoms with van der Waals surface area (Å²) >= 11 is 0. The van der Waals surface area contributed by atoms with Crippen molar-refractivity contribution in [3.05, 3.63) is 55.8 Å². The van der Waals surface area contributed by atoms with Crippen molar-refractivity contribution in [1.82, 2.24) is 14.4 Å². The van der Waals surface area contributed by atoms with Crippen LogP contribution in [0.15, 0.2) is 64.6 Å². The van der Waals surface area contributed by atoms with Crippen LogP contribution < -0.4 is 0 Å². The number of hydrogen-bond acceptors (Lipinski definition) is 4. The van der Waals surface area contributed by atoms with Gasteiger partial charge in [-0.3, -0.25) is 9.38 Å². The van der Waals surface area contributed by atoms with Crippen molar-refractivity contribution in [2.24, 2.45) is 0 Å². The van der Waals surface area contributed by atoms with Crippen molar-refractivity contribution in [3.63, 3.8) is 0 Å². The van der Waals surface area contributed by atoms with Crippen molar-refractivity contribution < 1.29 is 8.83 Å². The third kappa shape index (κ3) is 1.55. The third-order valence-corrected chi connectivity index (χ3v) is 3.03. The summed E-state index contributed by atoms with van der Waals surface area (Å²) in [6.07, 6.45) is 12.1. The van der Waals surface area contributed by atoms with Gasteiger partial charge in [0.25, 0.3) is 0 Å². The molecule has 0 spiro atoms. The van der Waals surface area contributed by atoms with Gasteiger partial charge in [-0.1, -0.05) is 0 Å². The van der Waals surface area contributed by atoms with E-state index in [2.05, 4.69) is 9.97 Å². The van der Waals surface area contributed by atoms with Crippen LogP contribution in [0.5, 0.6) is 0 Å². The molecule has 0 fully saturated rings. The monoisotopic (exact) mass is 251 g/mol. The smallest absolute Gasteiger partial charge is 0.155 e. The predicted octanol–water partition coefficient (Wildman–Crippen LogP) is 3.25. The zero-order valence-corrected chi connectivity index (χ0v) is 9.85. The fourth-order valence-electron chi connectivity index (χ4n) is 2.07. The Labute approximate surface area is 108 Å². The van der Waals surface area contributed by atoms with Gasteiger partial charge in [-0.25, -0.2) is 4.98 Å². The lowest BCUT2D eigenvalue weighted by Gasteiger charge is -2.01. The van der Waals surface area contributed by atoms with Crippen molar-refractivity contribution in [1.29, 1.82) is 0 Å². The van der Waals surface area contributed by atoms with Gasteiger partial charge in [-0.05, 0) is 12.1 Å². The standard InChI is InChI=1S/C14H9N3O2/c1-3-18-8-10(1)12-7-17-13(11-2-4-19-9-11)5-16-14(17)6-15-12/h1-9H. The largest absolute Gasteiger partial charge is 0.472 e. The van der Waals surface area contributed by atoms with Crippen LogP contribution in [0.1, 0.15) is 0 Å². The molecule has 0 aliphatic carbocycles. The molecule has 0 bridgehead atoms. The van der Waals surface area contributed by atoms with Gasteiger partial charge in [0.1, 0.15) is 0 Å². The number of imidazole rings is 1. The maximum atomic E-state index is 5.12. The number of fused-ring (bicyclic) bond motifs is 1. The molecule has 5 nitrogen and oxygen atoms in total.